The second kappa shape index (κ2) is 7.95. The van der Waals surface area contributed by atoms with Gasteiger partial charge in [-0.2, -0.15) is 0 Å². The number of nitrogens with zero attached hydrogens (tertiary/aromatic N) is 1. The van der Waals surface area contributed by atoms with Crippen LogP contribution in [-0.4, -0.2) is 35.3 Å². The lowest BCUT2D eigenvalue weighted by atomic mass is 9.88. The van der Waals surface area contributed by atoms with E-state index in [0.29, 0.717) is 36.5 Å². The fourth-order valence-electron chi connectivity index (χ4n) is 3.90. The van der Waals surface area contributed by atoms with E-state index in [1.165, 1.54) is 4.90 Å². The van der Waals surface area contributed by atoms with Crippen LogP contribution in [-0.2, 0) is 20.9 Å². The van der Waals surface area contributed by atoms with Crippen LogP contribution in [0.15, 0.2) is 42.5 Å². The molecule has 1 unspecified atom stereocenters. The molecule has 3 amide bonds. The summed E-state index contributed by atoms with van der Waals surface area (Å²) in [6, 6.07) is 13.1. The Labute approximate surface area is 172 Å². The normalized spacial score (nSPS) is 22.1. The first-order chi connectivity index (χ1) is 13.9. The lowest BCUT2D eigenvalue weighted by molar-refractivity contribution is -0.134. The SMILES string of the molecule is O=C1CC[C@@H](c2cccc(-c3ccc(CN4CCC(F)C4=O)cc3)c2Cl)C(=O)N1. The van der Waals surface area contributed by atoms with Crippen molar-refractivity contribution in [1.82, 2.24) is 10.2 Å². The van der Waals surface area contributed by atoms with Gasteiger partial charge < -0.3 is 4.90 Å². The van der Waals surface area contributed by atoms with Crippen molar-refractivity contribution < 1.29 is 18.8 Å². The van der Waals surface area contributed by atoms with Gasteiger partial charge in [-0.25, -0.2) is 4.39 Å². The summed E-state index contributed by atoms with van der Waals surface area (Å²) in [5.74, 6) is -1.48. The highest BCUT2D eigenvalue weighted by molar-refractivity contribution is 6.34. The van der Waals surface area contributed by atoms with Gasteiger partial charge in [0.05, 0.1) is 10.9 Å². The molecule has 2 atom stereocenters. The highest BCUT2D eigenvalue weighted by atomic mass is 35.5. The molecule has 0 saturated carbocycles. The predicted octanol–water partition coefficient (Wildman–Crippen LogP) is 3.60. The first-order valence-electron chi connectivity index (χ1n) is 9.58. The number of likely N-dealkylation sites (tertiary alicyclic amines) is 1. The molecule has 2 saturated heterocycles. The third kappa shape index (κ3) is 3.90. The van der Waals surface area contributed by atoms with Crippen LogP contribution in [0.3, 0.4) is 0 Å². The van der Waals surface area contributed by atoms with Crippen LogP contribution in [0.25, 0.3) is 11.1 Å². The van der Waals surface area contributed by atoms with Gasteiger partial charge in [-0.3, -0.25) is 19.7 Å². The quantitative estimate of drug-likeness (QED) is 0.777. The van der Waals surface area contributed by atoms with E-state index >= 15 is 0 Å². The summed E-state index contributed by atoms with van der Waals surface area (Å²) in [7, 11) is 0. The Bertz CT molecular complexity index is 977. The number of imide groups is 1. The summed E-state index contributed by atoms with van der Waals surface area (Å²) in [5.41, 5.74) is 3.29. The molecule has 1 N–H and O–H groups in total. The molecule has 2 aliphatic heterocycles. The van der Waals surface area contributed by atoms with Crippen LogP contribution in [0.2, 0.25) is 5.02 Å². The van der Waals surface area contributed by atoms with Crippen molar-refractivity contribution >= 4 is 29.3 Å². The lowest BCUT2D eigenvalue weighted by Crippen LogP contribution is -2.39. The van der Waals surface area contributed by atoms with Crippen molar-refractivity contribution in [3.63, 3.8) is 0 Å². The van der Waals surface area contributed by atoms with Crippen molar-refractivity contribution in [3.05, 3.63) is 58.6 Å². The summed E-state index contributed by atoms with van der Waals surface area (Å²) in [6.07, 6.45) is -0.407. The monoisotopic (exact) mass is 414 g/mol. The molecule has 0 aliphatic carbocycles. The van der Waals surface area contributed by atoms with E-state index < -0.39 is 18.0 Å². The Kier molecular flexibility index (Phi) is 5.37. The molecule has 0 radical (unpaired) electrons. The summed E-state index contributed by atoms with van der Waals surface area (Å²) >= 11 is 6.63. The predicted molar refractivity (Wildman–Crippen MR) is 107 cm³/mol. The van der Waals surface area contributed by atoms with Gasteiger partial charge in [0.25, 0.3) is 5.91 Å². The molecule has 2 aromatic rings. The van der Waals surface area contributed by atoms with Crippen LogP contribution in [0.4, 0.5) is 4.39 Å². The fourth-order valence-corrected chi connectivity index (χ4v) is 4.27. The number of amides is 3. The molecule has 2 aromatic carbocycles. The van der Waals surface area contributed by atoms with Gasteiger partial charge in [-0.1, -0.05) is 54.1 Å². The number of carbonyl (C=O) groups is 3. The van der Waals surface area contributed by atoms with Gasteiger partial charge in [0.2, 0.25) is 11.8 Å². The first kappa shape index (κ1) is 19.6. The van der Waals surface area contributed by atoms with Gasteiger partial charge >= 0.3 is 0 Å². The van der Waals surface area contributed by atoms with Crippen LogP contribution < -0.4 is 5.32 Å². The van der Waals surface area contributed by atoms with Crippen LogP contribution >= 0.6 is 11.6 Å². The van der Waals surface area contributed by atoms with E-state index in [-0.39, 0.29) is 18.2 Å². The maximum Gasteiger partial charge on any atom is 0.257 e. The molecule has 7 heteroatoms. The number of nitrogens with one attached hydrogen (secondary N) is 1. The number of hydrogen-bond acceptors (Lipinski definition) is 3. The number of rotatable bonds is 4. The van der Waals surface area contributed by atoms with E-state index in [9.17, 15) is 18.8 Å². The van der Waals surface area contributed by atoms with Gasteiger partial charge in [-0.05, 0) is 23.1 Å². The van der Waals surface area contributed by atoms with Crippen molar-refractivity contribution in [1.29, 1.82) is 0 Å². The maximum absolute atomic E-state index is 13.4. The fraction of sp³-hybridized carbons (Fsp3) is 0.318. The Morgan fingerprint density at radius 1 is 1.07 bits per heavy atom. The highest BCUT2D eigenvalue weighted by Gasteiger charge is 2.31. The number of carbonyl (C=O) groups excluding carboxylic acids is 3. The maximum atomic E-state index is 13.4. The zero-order valence-electron chi connectivity index (χ0n) is 15.7. The largest absolute Gasteiger partial charge is 0.336 e. The van der Waals surface area contributed by atoms with Gasteiger partial charge in [-0.15, -0.1) is 0 Å². The third-order valence-electron chi connectivity index (χ3n) is 5.51. The average Bonchev–Trinajstić information content (AvgIpc) is 3.02. The molecule has 150 valence electrons. The Morgan fingerprint density at radius 3 is 2.48 bits per heavy atom. The zero-order valence-corrected chi connectivity index (χ0v) is 16.4. The van der Waals surface area contributed by atoms with E-state index in [1.54, 1.807) is 0 Å². The van der Waals surface area contributed by atoms with Crippen molar-refractivity contribution in [2.45, 2.75) is 37.9 Å². The third-order valence-corrected chi connectivity index (χ3v) is 5.94. The molecular weight excluding hydrogens is 395 g/mol. The minimum Gasteiger partial charge on any atom is -0.336 e. The second-order valence-corrected chi connectivity index (χ2v) is 7.80. The Balaban J connectivity index is 1.55. The number of halogens is 2. The van der Waals surface area contributed by atoms with Gasteiger partial charge in [0, 0.05) is 31.5 Å². The topological polar surface area (TPSA) is 66.5 Å². The molecule has 2 aliphatic rings. The van der Waals surface area contributed by atoms with Crippen molar-refractivity contribution in [3.8, 4) is 11.1 Å². The summed E-state index contributed by atoms with van der Waals surface area (Å²) < 4.78 is 13.4. The molecule has 29 heavy (non-hydrogen) atoms. The Morgan fingerprint density at radius 2 is 1.83 bits per heavy atom. The lowest BCUT2D eigenvalue weighted by Gasteiger charge is -2.23. The van der Waals surface area contributed by atoms with Gasteiger partial charge in [0.1, 0.15) is 0 Å². The number of benzene rings is 2. The summed E-state index contributed by atoms with van der Waals surface area (Å²) in [5, 5.41) is 2.86. The number of hydrogen-bond donors (Lipinski definition) is 1. The number of alkyl halides is 1. The second-order valence-electron chi connectivity index (χ2n) is 7.43. The van der Waals surface area contributed by atoms with Gasteiger partial charge in [0.15, 0.2) is 6.17 Å². The smallest absolute Gasteiger partial charge is 0.257 e. The van der Waals surface area contributed by atoms with E-state index in [0.717, 1.165) is 16.7 Å². The minimum absolute atomic E-state index is 0.250. The van der Waals surface area contributed by atoms with Crippen molar-refractivity contribution in [2.75, 3.05) is 6.54 Å². The molecule has 4 rings (SSSR count). The molecular formula is C22H20ClFN2O3. The summed E-state index contributed by atoms with van der Waals surface area (Å²) in [4.78, 5) is 36.9. The minimum atomic E-state index is -1.39. The molecule has 0 aromatic heterocycles. The zero-order chi connectivity index (χ0) is 20.5. The molecule has 2 fully saturated rings. The highest BCUT2D eigenvalue weighted by Crippen LogP contribution is 2.37. The van der Waals surface area contributed by atoms with E-state index in [4.69, 9.17) is 11.6 Å². The molecule has 5 nitrogen and oxygen atoms in total. The number of piperidine rings is 1. The van der Waals surface area contributed by atoms with E-state index in [2.05, 4.69) is 5.32 Å². The van der Waals surface area contributed by atoms with Crippen LogP contribution in [0.5, 0.6) is 0 Å². The molecule has 0 spiro atoms. The standard InChI is InChI=1S/C22H20ClFN2O3/c23-20-15(2-1-3-16(20)17-8-9-19(27)25-21(17)28)14-6-4-13(5-7-14)12-26-11-10-18(24)22(26)29/h1-7,17-18H,8-12H2,(H,25,27,28)/t17-,18?/m0/s1. The van der Waals surface area contributed by atoms with Crippen LogP contribution in [0, 0.1) is 0 Å². The molecule has 0 bridgehead atoms. The van der Waals surface area contributed by atoms with Crippen LogP contribution in [0.1, 0.15) is 36.3 Å². The molecule has 2 heterocycles. The van der Waals surface area contributed by atoms with E-state index in [1.807, 2.05) is 42.5 Å². The van der Waals surface area contributed by atoms with Crippen molar-refractivity contribution in [2.24, 2.45) is 0 Å². The summed E-state index contributed by atoms with van der Waals surface area (Å²) in [6.45, 7) is 0.811. The average molecular weight is 415 g/mol. The Hall–Kier alpha value is -2.73. The first-order valence-corrected chi connectivity index (χ1v) is 9.96.